The fourth-order valence-electron chi connectivity index (χ4n) is 5.58. The highest BCUT2D eigenvalue weighted by Gasteiger charge is 2.36. The molecule has 1 aromatic heterocycles. The van der Waals surface area contributed by atoms with Crippen LogP contribution in [0, 0.1) is 5.92 Å². The van der Waals surface area contributed by atoms with E-state index in [2.05, 4.69) is 20.1 Å². The molecule has 2 bridgehead atoms. The first-order valence-electron chi connectivity index (χ1n) is 13.0. The average molecular weight is 597 g/mol. The summed E-state index contributed by atoms with van der Waals surface area (Å²) >= 11 is 5.96. The molecule has 0 saturated carbocycles. The third-order valence-electron chi connectivity index (χ3n) is 7.76. The van der Waals surface area contributed by atoms with E-state index < -0.39 is 11.5 Å². The lowest BCUT2D eigenvalue weighted by molar-refractivity contribution is -0.158. The Morgan fingerprint density at radius 1 is 1.11 bits per heavy atom. The van der Waals surface area contributed by atoms with Crippen molar-refractivity contribution in [3.05, 3.63) is 27.0 Å². The van der Waals surface area contributed by atoms with E-state index in [9.17, 15) is 14.4 Å². The maximum Gasteiger partial charge on any atom is 0.306 e. The van der Waals surface area contributed by atoms with Gasteiger partial charge >= 0.3 is 5.97 Å². The molecule has 5 heterocycles. The van der Waals surface area contributed by atoms with Crippen molar-refractivity contribution in [3.63, 3.8) is 0 Å². The fourth-order valence-corrected chi connectivity index (χ4v) is 5.73. The smallest absolute Gasteiger partial charge is 0.306 e. The number of nitrogens with one attached hydrogen (secondary N) is 2. The van der Waals surface area contributed by atoms with E-state index in [1.54, 1.807) is 7.11 Å². The minimum atomic E-state index is -0.576. The lowest BCUT2D eigenvalue weighted by Gasteiger charge is -2.43. The summed E-state index contributed by atoms with van der Waals surface area (Å²) in [5.74, 6) is 0.0209. The maximum absolute atomic E-state index is 12.7. The number of rotatable bonds is 10. The number of methoxy groups -OCH3 is 1. The zero-order valence-electron chi connectivity index (χ0n) is 21.8. The quantitative estimate of drug-likeness (QED) is 0.278. The molecular weight excluding hydrogens is 557 g/mol. The monoisotopic (exact) mass is 595 g/mol. The number of unbranched alkanes of at least 4 members (excludes halogenated alkanes) is 2. The Labute approximate surface area is 241 Å². The number of hydrogen-bond donors (Lipinski definition) is 3. The molecule has 5 rings (SSSR count). The van der Waals surface area contributed by atoms with Crippen LogP contribution in [0.15, 0.2) is 10.9 Å². The van der Waals surface area contributed by atoms with E-state index in [0.717, 1.165) is 64.8 Å². The first-order valence-corrected chi connectivity index (χ1v) is 13.4. The summed E-state index contributed by atoms with van der Waals surface area (Å²) in [6.45, 7) is 5.58. The van der Waals surface area contributed by atoms with Gasteiger partial charge in [0.05, 0.1) is 17.2 Å². The molecule has 3 atom stereocenters. The number of nitrogen functional groups attached to an aromatic ring is 1. The molecule has 4 aliphatic rings. The van der Waals surface area contributed by atoms with Gasteiger partial charge in [-0.25, -0.2) is 0 Å². The van der Waals surface area contributed by atoms with Crippen LogP contribution in [0.2, 0.25) is 5.02 Å². The zero-order chi connectivity index (χ0) is 25.7. The number of ether oxygens (including phenoxy) is 2. The fraction of sp³-hybridized carbons (Fsp3) is 0.720. The molecule has 216 valence electrons. The number of pyridine rings is 1. The lowest BCUT2D eigenvalue weighted by atomic mass is 9.86. The molecule has 0 spiro atoms. The van der Waals surface area contributed by atoms with Gasteiger partial charge in [-0.3, -0.25) is 19.3 Å². The molecule has 1 aromatic rings. The van der Waals surface area contributed by atoms with Crippen molar-refractivity contribution < 1.29 is 19.1 Å². The Kier molecular flexibility index (Phi) is 13.1. The largest absolute Gasteiger partial charge is 0.461 e. The number of nitrogens with zero attached hydrogens (tertiary/aromatic N) is 2. The predicted molar refractivity (Wildman–Crippen MR) is 152 cm³/mol. The minimum absolute atomic E-state index is 0. The molecule has 4 fully saturated rings. The molecule has 0 unspecified atom stereocenters. The summed E-state index contributed by atoms with van der Waals surface area (Å²) in [6.07, 6.45) is 6.15. The van der Waals surface area contributed by atoms with Gasteiger partial charge in [-0.15, -0.1) is 24.8 Å². The van der Waals surface area contributed by atoms with Crippen molar-refractivity contribution in [2.24, 2.45) is 5.92 Å². The van der Waals surface area contributed by atoms with Crippen LogP contribution in [0.3, 0.4) is 0 Å². The second kappa shape index (κ2) is 15.3. The normalized spacial score (nSPS) is 26.6. The summed E-state index contributed by atoms with van der Waals surface area (Å²) in [5.41, 5.74) is 4.94. The van der Waals surface area contributed by atoms with E-state index in [1.165, 1.54) is 6.07 Å². The highest BCUT2D eigenvalue weighted by Crippen LogP contribution is 2.29. The molecule has 0 aliphatic carbocycles. The van der Waals surface area contributed by atoms with Crippen LogP contribution >= 0.6 is 36.4 Å². The van der Waals surface area contributed by atoms with E-state index in [-0.39, 0.29) is 65.4 Å². The standard InChI is InChI=1S/C25H38ClN5O5.2ClH/c1-35-21-15-30(12-8-19(21)28-24(33)17-13-18(26)23(27)29-25(17)34)9-4-2-3-5-22(32)36-20-14-31-10-6-16(20)7-11-31;;/h13,16,19-21H,2-12,14-15H2,1H3,(H,28,33)(H3,27,29,34);2*1H/t19-,20+,21+;;/m1../s1. The molecule has 0 aromatic carbocycles. The van der Waals surface area contributed by atoms with Crippen LogP contribution in [0.1, 0.15) is 55.3 Å². The number of carbonyl (C=O) groups is 2. The average Bonchev–Trinajstić information content (AvgIpc) is 2.87. The molecular formula is C25H40Cl3N5O5. The highest BCUT2D eigenvalue weighted by molar-refractivity contribution is 6.33. The van der Waals surface area contributed by atoms with E-state index in [1.807, 2.05) is 0 Å². The Balaban J connectivity index is 0.00000253. The first kappa shape index (κ1) is 32.7. The molecule has 13 heteroatoms. The van der Waals surface area contributed by atoms with Gasteiger partial charge in [-0.2, -0.15) is 0 Å². The van der Waals surface area contributed by atoms with Crippen LogP contribution in [-0.2, 0) is 14.3 Å². The number of amides is 1. The van der Waals surface area contributed by atoms with Gasteiger partial charge in [-0.1, -0.05) is 18.0 Å². The van der Waals surface area contributed by atoms with Crippen molar-refractivity contribution in [1.82, 2.24) is 20.1 Å². The van der Waals surface area contributed by atoms with Gasteiger partial charge in [0.25, 0.3) is 11.5 Å². The summed E-state index contributed by atoms with van der Waals surface area (Å²) in [5, 5.41) is 3.04. The number of aromatic amines is 1. The molecule has 4 N–H and O–H groups in total. The van der Waals surface area contributed by atoms with Crippen molar-refractivity contribution in [3.8, 4) is 0 Å². The van der Waals surface area contributed by atoms with E-state index in [0.29, 0.717) is 25.3 Å². The Morgan fingerprint density at radius 2 is 1.84 bits per heavy atom. The summed E-state index contributed by atoms with van der Waals surface area (Å²) < 4.78 is 11.4. The number of hydrogen-bond acceptors (Lipinski definition) is 8. The minimum Gasteiger partial charge on any atom is -0.461 e. The predicted octanol–water partition coefficient (Wildman–Crippen LogP) is 2.47. The zero-order valence-corrected chi connectivity index (χ0v) is 24.2. The Morgan fingerprint density at radius 3 is 2.50 bits per heavy atom. The van der Waals surface area contributed by atoms with Crippen molar-refractivity contribution in [2.75, 3.05) is 52.1 Å². The number of halogens is 3. The number of fused-ring (bicyclic) bond motifs is 3. The van der Waals surface area contributed by atoms with Crippen LogP contribution in [0.25, 0.3) is 0 Å². The van der Waals surface area contributed by atoms with Crippen LogP contribution in [0.4, 0.5) is 5.82 Å². The van der Waals surface area contributed by atoms with Crippen molar-refractivity contribution in [2.45, 2.75) is 63.2 Å². The second-order valence-corrected chi connectivity index (χ2v) is 10.6. The number of nitrogens with two attached hydrogens (primary N) is 1. The van der Waals surface area contributed by atoms with Crippen LogP contribution in [-0.4, -0.2) is 91.3 Å². The molecule has 0 radical (unpaired) electrons. The summed E-state index contributed by atoms with van der Waals surface area (Å²) in [6, 6.07) is 1.07. The SMILES string of the molecule is CO[C@H]1CN(CCCCCC(=O)O[C@H]2CN3CCC2CC3)CC[C@H]1NC(=O)c1cc(Cl)c(N)[nH]c1=O.Cl.Cl. The third-order valence-corrected chi connectivity index (χ3v) is 8.08. The van der Waals surface area contributed by atoms with Crippen molar-refractivity contribution >= 4 is 54.1 Å². The number of likely N-dealkylation sites (tertiary alicyclic amines) is 1. The molecule has 4 aliphatic heterocycles. The van der Waals surface area contributed by atoms with Gasteiger partial charge in [0.2, 0.25) is 0 Å². The Bertz CT molecular complexity index is 989. The molecule has 1 amide bonds. The molecule has 4 saturated heterocycles. The lowest BCUT2D eigenvalue weighted by Crippen LogP contribution is -2.55. The van der Waals surface area contributed by atoms with Crippen LogP contribution in [0.5, 0.6) is 0 Å². The topological polar surface area (TPSA) is 130 Å². The highest BCUT2D eigenvalue weighted by atomic mass is 35.5. The molecule has 38 heavy (non-hydrogen) atoms. The number of anilines is 1. The van der Waals surface area contributed by atoms with Gasteiger partial charge in [0, 0.05) is 33.2 Å². The summed E-state index contributed by atoms with van der Waals surface area (Å²) in [7, 11) is 1.63. The van der Waals surface area contributed by atoms with Gasteiger partial charge in [-0.05, 0) is 63.7 Å². The van der Waals surface area contributed by atoms with E-state index in [4.69, 9.17) is 26.8 Å². The van der Waals surface area contributed by atoms with Gasteiger partial charge < -0.3 is 30.4 Å². The Hall–Kier alpha value is -1.56. The summed E-state index contributed by atoms with van der Waals surface area (Å²) in [4.78, 5) is 44.1. The third kappa shape index (κ3) is 8.47. The second-order valence-electron chi connectivity index (χ2n) is 10.2. The molecule has 10 nitrogen and oxygen atoms in total. The van der Waals surface area contributed by atoms with Crippen LogP contribution < -0.4 is 16.6 Å². The number of piperidine rings is 4. The van der Waals surface area contributed by atoms with Gasteiger partial charge in [0.1, 0.15) is 17.5 Å². The number of esters is 1. The first-order chi connectivity index (χ1) is 17.3. The maximum atomic E-state index is 12.7. The van der Waals surface area contributed by atoms with Gasteiger partial charge in [0.15, 0.2) is 0 Å². The number of carbonyl (C=O) groups excluding carboxylic acids is 2. The number of H-pyrrole nitrogens is 1. The van der Waals surface area contributed by atoms with Crippen molar-refractivity contribution in [1.29, 1.82) is 0 Å². The number of aromatic nitrogens is 1. The van der Waals surface area contributed by atoms with E-state index >= 15 is 0 Å².